The van der Waals surface area contributed by atoms with E-state index in [9.17, 15) is 9.59 Å². The number of nitrogens with zero attached hydrogens (tertiary/aromatic N) is 1. The highest BCUT2D eigenvalue weighted by molar-refractivity contribution is 5.96. The Labute approximate surface area is 171 Å². The van der Waals surface area contributed by atoms with Gasteiger partial charge in [-0.15, -0.1) is 0 Å². The van der Waals surface area contributed by atoms with Crippen LogP contribution in [0, 0.1) is 20.8 Å². The molecule has 29 heavy (non-hydrogen) atoms. The number of hydrogen-bond donors (Lipinski definition) is 3. The number of carbonyl (C=O) groups excluding carboxylic acids is 1. The molecule has 0 bridgehead atoms. The van der Waals surface area contributed by atoms with Crippen LogP contribution in [0.15, 0.2) is 23.3 Å². The van der Waals surface area contributed by atoms with Gasteiger partial charge in [-0.25, -0.2) is 0 Å². The highest BCUT2D eigenvalue weighted by Gasteiger charge is 2.22. The minimum atomic E-state index is -0.239. The number of ether oxygens (including phenoxy) is 1. The molecular weight excluding hydrogens is 368 g/mol. The summed E-state index contributed by atoms with van der Waals surface area (Å²) in [5.74, 6) is -0.239. The van der Waals surface area contributed by atoms with Gasteiger partial charge in [-0.2, -0.15) is 0 Å². The van der Waals surface area contributed by atoms with Gasteiger partial charge >= 0.3 is 0 Å². The Kier molecular flexibility index (Phi) is 6.69. The van der Waals surface area contributed by atoms with Gasteiger partial charge in [0.25, 0.3) is 11.5 Å². The van der Waals surface area contributed by atoms with Crippen molar-refractivity contribution in [3.05, 3.63) is 56.8 Å². The largest absolute Gasteiger partial charge is 0.381 e. The maximum Gasteiger partial charge on any atom is 0.253 e. The highest BCUT2D eigenvalue weighted by atomic mass is 16.5. The van der Waals surface area contributed by atoms with Crippen molar-refractivity contribution in [1.82, 2.24) is 15.3 Å². The molecule has 2 aromatic rings. The summed E-state index contributed by atoms with van der Waals surface area (Å²) < 4.78 is 5.74. The van der Waals surface area contributed by atoms with E-state index in [1.165, 1.54) is 0 Å². The number of aryl methyl sites for hydroxylation is 2. The average molecular weight is 399 g/mol. The molecule has 156 valence electrons. The molecule has 3 N–H and O–H groups in total. The van der Waals surface area contributed by atoms with Gasteiger partial charge in [0.05, 0.1) is 23.6 Å². The Morgan fingerprint density at radius 2 is 2.10 bits per heavy atom. The fourth-order valence-electron chi connectivity index (χ4n) is 3.78. The van der Waals surface area contributed by atoms with Crippen LogP contribution in [0.3, 0.4) is 0 Å². The van der Waals surface area contributed by atoms with Crippen LogP contribution in [0.25, 0.3) is 0 Å². The molecule has 3 heterocycles. The van der Waals surface area contributed by atoms with E-state index in [4.69, 9.17) is 4.74 Å². The van der Waals surface area contributed by atoms with Crippen LogP contribution in [-0.2, 0) is 11.3 Å². The highest BCUT2D eigenvalue weighted by Crippen LogP contribution is 2.23. The molecule has 1 aliphatic rings. The lowest BCUT2D eigenvalue weighted by Crippen LogP contribution is -2.34. The van der Waals surface area contributed by atoms with Crippen molar-refractivity contribution >= 4 is 11.6 Å². The fraction of sp³-hybridized carbons (Fsp3) is 0.500. The molecule has 1 saturated heterocycles. The van der Waals surface area contributed by atoms with Crippen LogP contribution in [-0.4, -0.2) is 34.6 Å². The van der Waals surface area contributed by atoms with E-state index in [0.29, 0.717) is 17.2 Å². The quantitative estimate of drug-likeness (QED) is 0.695. The zero-order chi connectivity index (χ0) is 21.0. The zero-order valence-electron chi connectivity index (χ0n) is 17.6. The predicted molar refractivity (Wildman–Crippen MR) is 113 cm³/mol. The molecule has 0 spiro atoms. The van der Waals surface area contributed by atoms with Gasteiger partial charge in [0.15, 0.2) is 0 Å². The molecule has 7 nitrogen and oxygen atoms in total. The molecular formula is C22H30N4O3. The SMILES string of the molecule is CCC1CC(Nc2cncc(C(=O)NCc3c(C)cc(C)[nH]c3=O)c2C)CCO1. The second-order valence-electron chi connectivity index (χ2n) is 7.75. The third kappa shape index (κ3) is 5.03. The summed E-state index contributed by atoms with van der Waals surface area (Å²) in [6.45, 7) is 8.68. The zero-order valence-corrected chi connectivity index (χ0v) is 17.6. The van der Waals surface area contributed by atoms with Crippen molar-refractivity contribution in [2.75, 3.05) is 11.9 Å². The van der Waals surface area contributed by atoms with Crippen LogP contribution in [0.1, 0.15) is 58.9 Å². The van der Waals surface area contributed by atoms with E-state index in [-0.39, 0.29) is 24.1 Å². The average Bonchev–Trinajstić information content (AvgIpc) is 2.68. The topological polar surface area (TPSA) is 96.1 Å². The molecule has 0 radical (unpaired) electrons. The number of aromatic nitrogens is 2. The smallest absolute Gasteiger partial charge is 0.253 e. The molecule has 7 heteroatoms. The Morgan fingerprint density at radius 1 is 1.31 bits per heavy atom. The summed E-state index contributed by atoms with van der Waals surface area (Å²) in [6, 6.07) is 2.21. The third-order valence-corrected chi connectivity index (χ3v) is 5.56. The number of H-pyrrole nitrogens is 1. The minimum absolute atomic E-state index is 0.168. The second kappa shape index (κ2) is 9.22. The lowest BCUT2D eigenvalue weighted by Gasteiger charge is -2.30. The first-order valence-corrected chi connectivity index (χ1v) is 10.2. The van der Waals surface area contributed by atoms with Gasteiger partial charge in [0, 0.05) is 36.6 Å². The molecule has 2 atom stereocenters. The van der Waals surface area contributed by atoms with E-state index in [0.717, 1.165) is 48.4 Å². The van der Waals surface area contributed by atoms with Crippen molar-refractivity contribution in [3.8, 4) is 0 Å². The summed E-state index contributed by atoms with van der Waals surface area (Å²) >= 11 is 0. The number of anilines is 1. The number of amides is 1. The van der Waals surface area contributed by atoms with E-state index in [2.05, 4.69) is 27.5 Å². The number of nitrogens with one attached hydrogen (secondary N) is 3. The standard InChI is InChI=1S/C22H30N4O3/c1-5-17-9-16(6-7-29-17)26-20-12-23-10-19(15(20)4)21(27)24-11-18-13(2)8-14(3)25-22(18)28/h8,10,12,16-17,26H,5-7,9,11H2,1-4H3,(H,24,27)(H,25,28). The van der Waals surface area contributed by atoms with E-state index in [1.807, 2.05) is 26.8 Å². The van der Waals surface area contributed by atoms with Crippen molar-refractivity contribution in [1.29, 1.82) is 0 Å². The maximum absolute atomic E-state index is 12.8. The molecule has 0 saturated carbocycles. The van der Waals surface area contributed by atoms with Crippen LogP contribution >= 0.6 is 0 Å². The van der Waals surface area contributed by atoms with E-state index < -0.39 is 0 Å². The Hall–Kier alpha value is -2.67. The number of rotatable bonds is 6. The van der Waals surface area contributed by atoms with E-state index >= 15 is 0 Å². The number of carbonyl (C=O) groups is 1. The maximum atomic E-state index is 12.8. The van der Waals surface area contributed by atoms with Crippen LogP contribution in [0.4, 0.5) is 5.69 Å². The number of pyridine rings is 2. The molecule has 0 aliphatic carbocycles. The monoisotopic (exact) mass is 398 g/mol. The van der Waals surface area contributed by atoms with Gasteiger partial charge in [-0.1, -0.05) is 6.92 Å². The summed E-state index contributed by atoms with van der Waals surface area (Å²) in [7, 11) is 0. The predicted octanol–water partition coefficient (Wildman–Crippen LogP) is 2.99. The van der Waals surface area contributed by atoms with Gasteiger partial charge in [-0.05, 0) is 57.2 Å². The first-order valence-electron chi connectivity index (χ1n) is 10.2. The Bertz CT molecular complexity index is 938. The summed E-state index contributed by atoms with van der Waals surface area (Å²) in [5, 5.41) is 6.39. The van der Waals surface area contributed by atoms with Crippen LogP contribution in [0.2, 0.25) is 0 Å². The molecule has 0 aromatic carbocycles. The summed E-state index contributed by atoms with van der Waals surface area (Å²) in [6.07, 6.45) is 6.48. The van der Waals surface area contributed by atoms with Crippen LogP contribution < -0.4 is 16.2 Å². The Morgan fingerprint density at radius 3 is 2.83 bits per heavy atom. The lowest BCUT2D eigenvalue weighted by molar-refractivity contribution is 0.00924. The normalized spacial score (nSPS) is 19.0. The van der Waals surface area contributed by atoms with E-state index in [1.54, 1.807) is 12.4 Å². The van der Waals surface area contributed by atoms with Gasteiger partial charge in [-0.3, -0.25) is 14.6 Å². The summed E-state index contributed by atoms with van der Waals surface area (Å²) in [5.41, 5.74) is 4.29. The molecule has 1 amide bonds. The fourth-order valence-corrected chi connectivity index (χ4v) is 3.78. The van der Waals surface area contributed by atoms with Gasteiger partial charge < -0.3 is 20.4 Å². The molecule has 2 unspecified atom stereocenters. The minimum Gasteiger partial charge on any atom is -0.381 e. The lowest BCUT2D eigenvalue weighted by atomic mass is 10.0. The van der Waals surface area contributed by atoms with Crippen molar-refractivity contribution < 1.29 is 9.53 Å². The summed E-state index contributed by atoms with van der Waals surface area (Å²) in [4.78, 5) is 32.0. The van der Waals surface area contributed by atoms with Gasteiger partial charge in [0.1, 0.15) is 0 Å². The molecule has 2 aromatic heterocycles. The first kappa shape index (κ1) is 21.0. The second-order valence-corrected chi connectivity index (χ2v) is 7.75. The number of hydrogen-bond acceptors (Lipinski definition) is 5. The number of aromatic amines is 1. The van der Waals surface area contributed by atoms with Crippen molar-refractivity contribution in [2.45, 2.75) is 65.6 Å². The Balaban J connectivity index is 1.70. The third-order valence-electron chi connectivity index (χ3n) is 5.56. The molecule has 3 rings (SSSR count). The van der Waals surface area contributed by atoms with Crippen molar-refractivity contribution in [3.63, 3.8) is 0 Å². The van der Waals surface area contributed by atoms with Crippen LogP contribution in [0.5, 0.6) is 0 Å². The van der Waals surface area contributed by atoms with Crippen molar-refractivity contribution in [2.24, 2.45) is 0 Å². The molecule has 1 aliphatic heterocycles. The van der Waals surface area contributed by atoms with Gasteiger partial charge in [0.2, 0.25) is 0 Å². The molecule has 1 fully saturated rings. The first-order chi connectivity index (χ1) is 13.9.